The molecule has 1 aliphatic heterocycles. The molecule has 2 heterocycles. The van der Waals surface area contributed by atoms with Crippen LogP contribution in [0.1, 0.15) is 24.1 Å². The van der Waals surface area contributed by atoms with Crippen LogP contribution in [0.25, 0.3) is 0 Å². The van der Waals surface area contributed by atoms with E-state index in [2.05, 4.69) is 28.1 Å². The van der Waals surface area contributed by atoms with Crippen molar-refractivity contribution < 1.29 is 9.53 Å². The summed E-state index contributed by atoms with van der Waals surface area (Å²) in [7, 11) is 1.63. The number of nitrogens with one attached hydrogen (secondary N) is 3. The van der Waals surface area contributed by atoms with Crippen molar-refractivity contribution in [2.75, 3.05) is 7.11 Å². The van der Waals surface area contributed by atoms with Crippen molar-refractivity contribution in [3.63, 3.8) is 0 Å². The summed E-state index contributed by atoms with van der Waals surface area (Å²) in [6, 6.07) is 11.6. The number of carbonyl (C=O) groups excluding carboxylic acids is 1. The quantitative estimate of drug-likeness (QED) is 0.777. The number of ether oxygens (including phenoxy) is 1. The lowest BCUT2D eigenvalue weighted by atomic mass is 9.95. The molecule has 0 aliphatic carbocycles. The number of benzene rings is 1. The molecule has 126 valence electrons. The van der Waals surface area contributed by atoms with Crippen LogP contribution >= 0.6 is 0 Å². The Kier molecular flexibility index (Phi) is 5.08. The minimum absolute atomic E-state index is 0.0123. The van der Waals surface area contributed by atoms with Gasteiger partial charge in [-0.1, -0.05) is 19.1 Å². The number of pyridine rings is 1. The van der Waals surface area contributed by atoms with Crippen molar-refractivity contribution in [3.8, 4) is 5.75 Å². The van der Waals surface area contributed by atoms with Crippen molar-refractivity contribution in [2.24, 2.45) is 5.92 Å². The smallest absolute Gasteiger partial charge is 0.225 e. The van der Waals surface area contributed by atoms with Crippen LogP contribution in [-0.2, 0) is 11.2 Å². The van der Waals surface area contributed by atoms with Gasteiger partial charge in [-0.2, -0.15) is 0 Å². The van der Waals surface area contributed by atoms with Gasteiger partial charge in [-0.3, -0.25) is 9.78 Å². The summed E-state index contributed by atoms with van der Waals surface area (Å²) in [5.41, 5.74) is 8.52. The fourth-order valence-electron chi connectivity index (χ4n) is 2.91. The Hall–Kier alpha value is -2.44. The fourth-order valence-corrected chi connectivity index (χ4v) is 2.91. The lowest BCUT2D eigenvalue weighted by molar-refractivity contribution is -0.121. The molecule has 3 atom stereocenters. The third-order valence-corrected chi connectivity index (χ3v) is 4.35. The normalized spacial score (nSPS) is 23.0. The Morgan fingerprint density at radius 2 is 1.88 bits per heavy atom. The molecule has 3 rings (SSSR count). The molecule has 1 saturated heterocycles. The molecule has 1 aliphatic rings. The second-order valence-corrected chi connectivity index (χ2v) is 5.98. The maximum atomic E-state index is 12.3. The predicted octanol–water partition coefficient (Wildman–Crippen LogP) is 1.56. The molecular formula is C18H22N4O2. The van der Waals surface area contributed by atoms with Crippen LogP contribution in [0.2, 0.25) is 0 Å². The molecule has 3 unspecified atom stereocenters. The molecule has 24 heavy (non-hydrogen) atoms. The summed E-state index contributed by atoms with van der Waals surface area (Å²) in [4.78, 5) is 16.3. The molecule has 0 spiro atoms. The highest BCUT2D eigenvalue weighted by Gasteiger charge is 2.34. The summed E-state index contributed by atoms with van der Waals surface area (Å²) in [6.45, 7) is 2.11. The standard InChI is InChI=1S/C18H22N4O2/c1-12-17(14-7-9-19-10-8-14)21-22-18(12)20-16(23)11-13-3-5-15(24-2)6-4-13/h3-10,12,17-18,21-22H,11H2,1-2H3,(H,20,23). The Morgan fingerprint density at radius 1 is 1.17 bits per heavy atom. The zero-order valence-electron chi connectivity index (χ0n) is 13.8. The maximum absolute atomic E-state index is 12.3. The van der Waals surface area contributed by atoms with E-state index in [1.54, 1.807) is 19.5 Å². The molecular weight excluding hydrogens is 304 g/mol. The van der Waals surface area contributed by atoms with Gasteiger partial charge >= 0.3 is 0 Å². The minimum atomic E-state index is -0.117. The highest BCUT2D eigenvalue weighted by molar-refractivity contribution is 5.78. The number of aromatic nitrogens is 1. The van der Waals surface area contributed by atoms with E-state index in [4.69, 9.17) is 4.74 Å². The molecule has 1 aromatic carbocycles. The van der Waals surface area contributed by atoms with Gasteiger partial charge in [-0.15, -0.1) is 0 Å². The second-order valence-electron chi connectivity index (χ2n) is 5.98. The monoisotopic (exact) mass is 326 g/mol. The highest BCUT2D eigenvalue weighted by atomic mass is 16.5. The Morgan fingerprint density at radius 3 is 2.54 bits per heavy atom. The molecule has 1 fully saturated rings. The number of methoxy groups -OCH3 is 1. The molecule has 6 heteroatoms. The van der Waals surface area contributed by atoms with Crippen molar-refractivity contribution in [1.82, 2.24) is 21.2 Å². The van der Waals surface area contributed by atoms with Crippen molar-refractivity contribution in [2.45, 2.75) is 25.6 Å². The van der Waals surface area contributed by atoms with Crippen LogP contribution in [0.5, 0.6) is 5.75 Å². The molecule has 1 aromatic heterocycles. The number of hydrogen-bond donors (Lipinski definition) is 3. The number of carbonyl (C=O) groups is 1. The van der Waals surface area contributed by atoms with E-state index in [0.29, 0.717) is 6.42 Å². The Balaban J connectivity index is 1.56. The van der Waals surface area contributed by atoms with Crippen molar-refractivity contribution in [3.05, 3.63) is 59.9 Å². The third-order valence-electron chi connectivity index (χ3n) is 4.35. The van der Waals surface area contributed by atoms with Gasteiger partial charge in [0, 0.05) is 18.3 Å². The average Bonchev–Trinajstić information content (AvgIpc) is 2.97. The topological polar surface area (TPSA) is 75.3 Å². The number of hydrazine groups is 1. The fraction of sp³-hybridized carbons (Fsp3) is 0.333. The minimum Gasteiger partial charge on any atom is -0.497 e. The van der Waals surface area contributed by atoms with Crippen LogP contribution < -0.4 is 20.9 Å². The van der Waals surface area contributed by atoms with Crippen molar-refractivity contribution in [1.29, 1.82) is 0 Å². The van der Waals surface area contributed by atoms with Gasteiger partial charge in [-0.25, -0.2) is 10.9 Å². The molecule has 0 radical (unpaired) electrons. The molecule has 3 N–H and O–H groups in total. The summed E-state index contributed by atoms with van der Waals surface area (Å²) in [5, 5.41) is 3.05. The summed E-state index contributed by atoms with van der Waals surface area (Å²) in [5.74, 6) is 0.989. The largest absolute Gasteiger partial charge is 0.497 e. The number of nitrogens with zero attached hydrogens (tertiary/aromatic N) is 1. The lowest BCUT2D eigenvalue weighted by Gasteiger charge is -2.19. The zero-order valence-corrected chi connectivity index (χ0v) is 13.8. The average molecular weight is 326 g/mol. The zero-order chi connectivity index (χ0) is 16.9. The number of rotatable bonds is 5. The van der Waals surface area contributed by atoms with Crippen LogP contribution in [0.4, 0.5) is 0 Å². The van der Waals surface area contributed by atoms with E-state index in [1.807, 2.05) is 36.4 Å². The van der Waals surface area contributed by atoms with Crippen LogP contribution in [0, 0.1) is 5.92 Å². The first-order valence-electron chi connectivity index (χ1n) is 8.00. The third kappa shape index (κ3) is 3.72. The number of hydrogen-bond acceptors (Lipinski definition) is 5. The van der Waals surface area contributed by atoms with Crippen LogP contribution in [0.15, 0.2) is 48.8 Å². The van der Waals surface area contributed by atoms with E-state index >= 15 is 0 Å². The summed E-state index contributed by atoms with van der Waals surface area (Å²) in [6.07, 6.45) is 3.78. The maximum Gasteiger partial charge on any atom is 0.225 e. The first kappa shape index (κ1) is 16.4. The molecule has 1 amide bonds. The van der Waals surface area contributed by atoms with Gasteiger partial charge in [0.05, 0.1) is 25.7 Å². The Labute approximate surface area is 141 Å². The van der Waals surface area contributed by atoms with Gasteiger partial charge in [0.1, 0.15) is 5.75 Å². The lowest BCUT2D eigenvalue weighted by Crippen LogP contribution is -2.46. The van der Waals surface area contributed by atoms with Crippen molar-refractivity contribution >= 4 is 5.91 Å². The van der Waals surface area contributed by atoms with E-state index in [-0.39, 0.29) is 24.0 Å². The molecule has 0 bridgehead atoms. The number of amides is 1. The first-order valence-corrected chi connectivity index (χ1v) is 8.00. The molecule has 0 saturated carbocycles. The van der Waals surface area contributed by atoms with E-state index in [0.717, 1.165) is 16.9 Å². The van der Waals surface area contributed by atoms with Gasteiger partial charge in [0.15, 0.2) is 0 Å². The van der Waals surface area contributed by atoms with Gasteiger partial charge in [0.25, 0.3) is 0 Å². The predicted molar refractivity (Wildman–Crippen MR) is 91.0 cm³/mol. The summed E-state index contributed by atoms with van der Waals surface area (Å²) >= 11 is 0. The van der Waals surface area contributed by atoms with Gasteiger partial charge in [-0.05, 0) is 35.4 Å². The van der Waals surface area contributed by atoms with Crippen LogP contribution in [0.3, 0.4) is 0 Å². The first-order chi connectivity index (χ1) is 11.7. The molecule has 2 aromatic rings. The van der Waals surface area contributed by atoms with Crippen LogP contribution in [-0.4, -0.2) is 24.2 Å². The van der Waals surface area contributed by atoms with E-state index in [1.165, 1.54) is 0 Å². The van der Waals surface area contributed by atoms with E-state index in [9.17, 15) is 4.79 Å². The van der Waals surface area contributed by atoms with E-state index < -0.39 is 0 Å². The molecule has 6 nitrogen and oxygen atoms in total. The Bertz CT molecular complexity index is 675. The highest BCUT2D eigenvalue weighted by Crippen LogP contribution is 2.26. The van der Waals surface area contributed by atoms with Gasteiger partial charge in [0.2, 0.25) is 5.91 Å². The second kappa shape index (κ2) is 7.42. The SMILES string of the molecule is COc1ccc(CC(=O)NC2NNC(c3ccncc3)C2C)cc1. The van der Waals surface area contributed by atoms with Gasteiger partial charge < -0.3 is 10.1 Å². The summed E-state index contributed by atoms with van der Waals surface area (Å²) < 4.78 is 5.13.